The highest BCUT2D eigenvalue weighted by Gasteiger charge is 2.19. The van der Waals surface area contributed by atoms with Gasteiger partial charge in [-0.2, -0.15) is 0 Å². The summed E-state index contributed by atoms with van der Waals surface area (Å²) in [5, 5.41) is 7.25. The highest BCUT2D eigenvalue weighted by Crippen LogP contribution is 2.17. The Hall–Kier alpha value is -0.120. The minimum atomic E-state index is 0.661. The average molecular weight is 197 g/mol. The molecule has 2 aliphatic rings. The summed E-state index contributed by atoms with van der Waals surface area (Å²) < 4.78 is 0. The molecule has 1 heterocycles. The third kappa shape index (κ3) is 2.94. The summed E-state index contributed by atoms with van der Waals surface area (Å²) in [5.41, 5.74) is 0. The van der Waals surface area contributed by atoms with E-state index in [4.69, 9.17) is 0 Å². The van der Waals surface area contributed by atoms with E-state index in [9.17, 15) is 0 Å². The van der Waals surface area contributed by atoms with Crippen molar-refractivity contribution in [2.45, 2.75) is 37.8 Å². The van der Waals surface area contributed by atoms with Crippen molar-refractivity contribution in [1.29, 1.82) is 0 Å². The largest absolute Gasteiger partial charge is 0.312 e. The van der Waals surface area contributed by atoms with Crippen LogP contribution in [0.2, 0.25) is 0 Å². The van der Waals surface area contributed by atoms with Crippen LogP contribution in [0, 0.1) is 0 Å². The fourth-order valence-corrected chi connectivity index (χ4v) is 2.57. The predicted molar refractivity (Wildman–Crippen MR) is 59.5 cm³/mol. The molecule has 3 heteroatoms. The number of piperazine rings is 1. The van der Waals surface area contributed by atoms with E-state index in [1.165, 1.54) is 38.8 Å². The van der Waals surface area contributed by atoms with Gasteiger partial charge in [0.2, 0.25) is 0 Å². The lowest BCUT2D eigenvalue weighted by molar-refractivity contribution is 0.231. The zero-order valence-electron chi connectivity index (χ0n) is 9.26. The van der Waals surface area contributed by atoms with Crippen molar-refractivity contribution in [2.75, 3.05) is 33.2 Å². The van der Waals surface area contributed by atoms with Crippen molar-refractivity contribution in [3.05, 3.63) is 0 Å². The lowest BCUT2D eigenvalue weighted by Crippen LogP contribution is -2.54. The molecule has 2 fully saturated rings. The smallest absolute Gasteiger partial charge is 0.0320 e. The molecule has 1 aliphatic heterocycles. The second-order valence-electron chi connectivity index (χ2n) is 4.80. The molecule has 0 bridgehead atoms. The third-order valence-corrected chi connectivity index (χ3v) is 3.47. The molecule has 1 saturated heterocycles. The molecule has 1 saturated carbocycles. The van der Waals surface area contributed by atoms with Gasteiger partial charge in [0.15, 0.2) is 0 Å². The molecular formula is C11H23N3. The Bertz CT molecular complexity index is 166. The van der Waals surface area contributed by atoms with Gasteiger partial charge in [0, 0.05) is 38.3 Å². The van der Waals surface area contributed by atoms with Crippen LogP contribution in [0.5, 0.6) is 0 Å². The van der Waals surface area contributed by atoms with Crippen LogP contribution in [0.4, 0.5) is 0 Å². The number of hydrogen-bond acceptors (Lipinski definition) is 3. The van der Waals surface area contributed by atoms with Crippen LogP contribution >= 0.6 is 0 Å². The SMILES string of the molecule is CN1CCNC(CNC2CCCC2)C1. The van der Waals surface area contributed by atoms with Crippen molar-refractivity contribution in [1.82, 2.24) is 15.5 Å². The lowest BCUT2D eigenvalue weighted by atomic mass is 10.2. The van der Waals surface area contributed by atoms with Gasteiger partial charge in [-0.05, 0) is 19.9 Å². The van der Waals surface area contributed by atoms with Crippen molar-refractivity contribution < 1.29 is 0 Å². The van der Waals surface area contributed by atoms with Gasteiger partial charge in [0.25, 0.3) is 0 Å². The van der Waals surface area contributed by atoms with Gasteiger partial charge in [-0.25, -0.2) is 0 Å². The minimum absolute atomic E-state index is 0.661. The van der Waals surface area contributed by atoms with Crippen molar-refractivity contribution >= 4 is 0 Å². The van der Waals surface area contributed by atoms with E-state index in [0.29, 0.717) is 6.04 Å². The molecule has 0 aromatic heterocycles. The summed E-state index contributed by atoms with van der Waals surface area (Å²) in [6, 6.07) is 1.47. The Morgan fingerprint density at radius 3 is 2.86 bits per heavy atom. The standard InChI is InChI=1S/C11H23N3/c1-14-7-6-12-11(9-14)8-13-10-4-2-3-5-10/h10-13H,2-9H2,1H3. The fourth-order valence-electron chi connectivity index (χ4n) is 2.57. The van der Waals surface area contributed by atoms with Crippen LogP contribution in [-0.4, -0.2) is 50.2 Å². The minimum Gasteiger partial charge on any atom is -0.312 e. The maximum Gasteiger partial charge on any atom is 0.0320 e. The normalized spacial score (nSPS) is 31.1. The first-order chi connectivity index (χ1) is 6.84. The molecule has 1 unspecified atom stereocenters. The first-order valence-corrected chi connectivity index (χ1v) is 6.00. The van der Waals surface area contributed by atoms with E-state index >= 15 is 0 Å². The molecule has 1 atom stereocenters. The van der Waals surface area contributed by atoms with Crippen LogP contribution in [0.3, 0.4) is 0 Å². The second-order valence-corrected chi connectivity index (χ2v) is 4.80. The van der Waals surface area contributed by atoms with E-state index in [-0.39, 0.29) is 0 Å². The summed E-state index contributed by atoms with van der Waals surface area (Å²) in [6.07, 6.45) is 5.64. The first kappa shape index (κ1) is 10.4. The molecule has 2 N–H and O–H groups in total. The number of likely N-dealkylation sites (N-methyl/N-ethyl adjacent to an activating group) is 1. The van der Waals surface area contributed by atoms with Crippen molar-refractivity contribution in [2.24, 2.45) is 0 Å². The second kappa shape index (κ2) is 5.10. The molecule has 1 aliphatic carbocycles. The zero-order chi connectivity index (χ0) is 9.80. The van der Waals surface area contributed by atoms with Crippen LogP contribution in [0.25, 0.3) is 0 Å². The first-order valence-electron chi connectivity index (χ1n) is 6.00. The van der Waals surface area contributed by atoms with Crippen molar-refractivity contribution in [3.63, 3.8) is 0 Å². The van der Waals surface area contributed by atoms with Crippen LogP contribution in [-0.2, 0) is 0 Å². The Morgan fingerprint density at radius 2 is 2.14 bits per heavy atom. The molecule has 0 aromatic rings. The quantitative estimate of drug-likeness (QED) is 0.687. The van der Waals surface area contributed by atoms with Gasteiger partial charge >= 0.3 is 0 Å². The van der Waals surface area contributed by atoms with Gasteiger partial charge < -0.3 is 15.5 Å². The van der Waals surface area contributed by atoms with E-state index < -0.39 is 0 Å². The monoisotopic (exact) mass is 197 g/mol. The van der Waals surface area contributed by atoms with Gasteiger partial charge in [-0.15, -0.1) is 0 Å². The molecule has 3 nitrogen and oxygen atoms in total. The van der Waals surface area contributed by atoms with E-state index in [0.717, 1.165) is 19.1 Å². The number of rotatable bonds is 3. The lowest BCUT2D eigenvalue weighted by Gasteiger charge is -2.31. The Balaban J connectivity index is 1.64. The number of nitrogens with zero attached hydrogens (tertiary/aromatic N) is 1. The molecule has 14 heavy (non-hydrogen) atoms. The molecule has 2 rings (SSSR count). The summed E-state index contributed by atoms with van der Waals surface area (Å²) >= 11 is 0. The summed E-state index contributed by atoms with van der Waals surface area (Å²) in [5.74, 6) is 0. The van der Waals surface area contributed by atoms with E-state index in [2.05, 4.69) is 22.6 Å². The number of nitrogens with one attached hydrogen (secondary N) is 2. The summed E-state index contributed by atoms with van der Waals surface area (Å²) in [7, 11) is 2.21. The number of hydrogen-bond donors (Lipinski definition) is 2. The van der Waals surface area contributed by atoms with E-state index in [1.807, 2.05) is 0 Å². The average Bonchev–Trinajstić information content (AvgIpc) is 2.67. The molecule has 0 aromatic carbocycles. The van der Waals surface area contributed by atoms with Gasteiger partial charge in [0.1, 0.15) is 0 Å². The highest BCUT2D eigenvalue weighted by atomic mass is 15.2. The van der Waals surface area contributed by atoms with Crippen molar-refractivity contribution in [3.8, 4) is 0 Å². The molecule has 82 valence electrons. The van der Waals surface area contributed by atoms with Crippen LogP contribution < -0.4 is 10.6 Å². The Kier molecular flexibility index (Phi) is 3.79. The summed E-state index contributed by atoms with van der Waals surface area (Å²) in [4.78, 5) is 2.41. The third-order valence-electron chi connectivity index (χ3n) is 3.47. The predicted octanol–water partition coefficient (Wildman–Crippen LogP) is 0.422. The fraction of sp³-hybridized carbons (Fsp3) is 1.00. The topological polar surface area (TPSA) is 27.3 Å². The molecule has 0 radical (unpaired) electrons. The molecule has 0 spiro atoms. The van der Waals surface area contributed by atoms with Gasteiger partial charge in [-0.3, -0.25) is 0 Å². The Morgan fingerprint density at radius 1 is 1.36 bits per heavy atom. The molecular weight excluding hydrogens is 174 g/mol. The maximum atomic E-state index is 3.68. The van der Waals surface area contributed by atoms with Crippen LogP contribution in [0.15, 0.2) is 0 Å². The Labute approximate surface area is 87.2 Å². The zero-order valence-corrected chi connectivity index (χ0v) is 9.26. The van der Waals surface area contributed by atoms with E-state index in [1.54, 1.807) is 0 Å². The molecule has 0 amide bonds. The summed E-state index contributed by atoms with van der Waals surface area (Å²) in [6.45, 7) is 4.68. The van der Waals surface area contributed by atoms with Gasteiger partial charge in [-0.1, -0.05) is 12.8 Å². The van der Waals surface area contributed by atoms with Gasteiger partial charge in [0.05, 0.1) is 0 Å². The maximum absolute atomic E-state index is 3.68. The highest BCUT2D eigenvalue weighted by molar-refractivity contribution is 4.81. The van der Waals surface area contributed by atoms with Crippen LogP contribution in [0.1, 0.15) is 25.7 Å².